The fraction of sp³-hybridized carbons (Fsp3) is 0.526. The van der Waals surface area contributed by atoms with Gasteiger partial charge in [0.2, 0.25) is 0 Å². The van der Waals surface area contributed by atoms with Gasteiger partial charge in [-0.1, -0.05) is 51.5 Å². The molecule has 2 rings (SSSR count). The van der Waals surface area contributed by atoms with Crippen LogP contribution < -0.4 is 0 Å². The highest BCUT2D eigenvalue weighted by atomic mass is 16.5. The summed E-state index contributed by atoms with van der Waals surface area (Å²) in [6.07, 6.45) is 5.53. The molecule has 0 spiro atoms. The SMILES string of the molecule is CCCc1cccc(CC2CC(OCC(C)C)=CC2=O)c1. The first-order valence-corrected chi connectivity index (χ1v) is 8.03. The summed E-state index contributed by atoms with van der Waals surface area (Å²) < 4.78 is 5.71. The van der Waals surface area contributed by atoms with Crippen molar-refractivity contribution in [1.29, 1.82) is 0 Å². The fourth-order valence-electron chi connectivity index (χ4n) is 2.71. The molecule has 1 atom stereocenters. The van der Waals surface area contributed by atoms with Crippen molar-refractivity contribution in [2.45, 2.75) is 46.5 Å². The van der Waals surface area contributed by atoms with E-state index < -0.39 is 0 Å². The Morgan fingerprint density at radius 1 is 1.29 bits per heavy atom. The Morgan fingerprint density at radius 3 is 2.76 bits per heavy atom. The first-order valence-electron chi connectivity index (χ1n) is 8.03. The summed E-state index contributed by atoms with van der Waals surface area (Å²) in [6, 6.07) is 8.63. The lowest BCUT2D eigenvalue weighted by Gasteiger charge is -2.12. The second-order valence-corrected chi connectivity index (χ2v) is 6.39. The van der Waals surface area contributed by atoms with Crippen LogP contribution in [0.25, 0.3) is 0 Å². The second kappa shape index (κ2) is 7.44. The normalized spacial score (nSPS) is 18.2. The van der Waals surface area contributed by atoms with Gasteiger partial charge in [-0.3, -0.25) is 4.79 Å². The number of ketones is 1. The van der Waals surface area contributed by atoms with Gasteiger partial charge in [-0.25, -0.2) is 0 Å². The molecule has 21 heavy (non-hydrogen) atoms. The summed E-state index contributed by atoms with van der Waals surface area (Å²) in [4.78, 5) is 12.1. The topological polar surface area (TPSA) is 26.3 Å². The highest BCUT2D eigenvalue weighted by Crippen LogP contribution is 2.27. The molecule has 0 radical (unpaired) electrons. The van der Waals surface area contributed by atoms with Crippen molar-refractivity contribution >= 4 is 5.78 Å². The number of hydrogen-bond donors (Lipinski definition) is 0. The van der Waals surface area contributed by atoms with Crippen molar-refractivity contribution in [3.05, 3.63) is 47.2 Å². The third-order valence-corrected chi connectivity index (χ3v) is 3.77. The fourth-order valence-corrected chi connectivity index (χ4v) is 2.71. The van der Waals surface area contributed by atoms with Crippen LogP contribution in [0.15, 0.2) is 36.1 Å². The molecule has 0 bridgehead atoms. The molecule has 1 aromatic carbocycles. The summed E-state index contributed by atoms with van der Waals surface area (Å²) >= 11 is 0. The number of aryl methyl sites for hydroxylation is 1. The molecular formula is C19H26O2. The number of ether oxygens (including phenoxy) is 1. The van der Waals surface area contributed by atoms with Crippen LogP contribution in [-0.2, 0) is 22.4 Å². The van der Waals surface area contributed by atoms with E-state index in [1.807, 2.05) is 0 Å². The van der Waals surface area contributed by atoms with E-state index in [1.165, 1.54) is 11.1 Å². The van der Waals surface area contributed by atoms with Gasteiger partial charge in [-0.2, -0.15) is 0 Å². The Bertz CT molecular complexity index is 514. The van der Waals surface area contributed by atoms with Crippen molar-refractivity contribution in [2.24, 2.45) is 11.8 Å². The highest BCUT2D eigenvalue weighted by molar-refractivity contribution is 5.94. The zero-order chi connectivity index (χ0) is 15.2. The van der Waals surface area contributed by atoms with Crippen LogP contribution in [0.2, 0.25) is 0 Å². The van der Waals surface area contributed by atoms with Gasteiger partial charge < -0.3 is 4.74 Å². The molecule has 1 aromatic rings. The van der Waals surface area contributed by atoms with Crippen molar-refractivity contribution < 1.29 is 9.53 Å². The number of rotatable bonds is 7. The van der Waals surface area contributed by atoms with Crippen LogP contribution in [0, 0.1) is 11.8 Å². The zero-order valence-electron chi connectivity index (χ0n) is 13.4. The van der Waals surface area contributed by atoms with Gasteiger partial charge in [0, 0.05) is 18.4 Å². The van der Waals surface area contributed by atoms with E-state index in [0.717, 1.165) is 31.4 Å². The van der Waals surface area contributed by atoms with Gasteiger partial charge in [0.1, 0.15) is 5.76 Å². The number of benzene rings is 1. The van der Waals surface area contributed by atoms with Gasteiger partial charge in [0.05, 0.1) is 6.61 Å². The molecule has 1 aliphatic rings. The molecule has 0 N–H and O–H groups in total. The molecule has 0 saturated carbocycles. The summed E-state index contributed by atoms with van der Waals surface area (Å²) in [7, 11) is 0. The number of allylic oxidation sites excluding steroid dienone is 2. The van der Waals surface area contributed by atoms with Crippen molar-refractivity contribution in [3.8, 4) is 0 Å². The maximum absolute atomic E-state index is 12.1. The average molecular weight is 286 g/mol. The summed E-state index contributed by atoms with van der Waals surface area (Å²) in [5.74, 6) is 1.63. The maximum Gasteiger partial charge on any atom is 0.162 e. The smallest absolute Gasteiger partial charge is 0.162 e. The molecular weight excluding hydrogens is 260 g/mol. The Kier molecular flexibility index (Phi) is 5.60. The van der Waals surface area contributed by atoms with Crippen molar-refractivity contribution in [3.63, 3.8) is 0 Å². The van der Waals surface area contributed by atoms with Crippen LogP contribution in [0.1, 0.15) is 44.7 Å². The van der Waals surface area contributed by atoms with E-state index in [0.29, 0.717) is 12.5 Å². The van der Waals surface area contributed by atoms with E-state index in [4.69, 9.17) is 4.74 Å². The number of carbonyl (C=O) groups is 1. The molecule has 0 amide bonds. The first-order chi connectivity index (χ1) is 10.1. The molecule has 1 unspecified atom stereocenters. The van der Waals surface area contributed by atoms with Crippen LogP contribution in [0.4, 0.5) is 0 Å². The second-order valence-electron chi connectivity index (χ2n) is 6.39. The van der Waals surface area contributed by atoms with Gasteiger partial charge in [0.15, 0.2) is 5.78 Å². The monoisotopic (exact) mass is 286 g/mol. The third kappa shape index (κ3) is 4.73. The Hall–Kier alpha value is -1.57. The third-order valence-electron chi connectivity index (χ3n) is 3.77. The standard InChI is InChI=1S/C19H26O2/c1-4-6-15-7-5-8-16(9-15)10-17-11-18(12-19(17)20)21-13-14(2)3/h5,7-9,12,14,17H,4,6,10-11,13H2,1-3H3. The average Bonchev–Trinajstić information content (AvgIpc) is 2.78. The number of hydrogen-bond acceptors (Lipinski definition) is 2. The Morgan fingerprint density at radius 2 is 2.05 bits per heavy atom. The van der Waals surface area contributed by atoms with E-state index in [-0.39, 0.29) is 11.7 Å². The minimum Gasteiger partial charge on any atom is -0.498 e. The van der Waals surface area contributed by atoms with Gasteiger partial charge in [-0.05, 0) is 29.9 Å². The predicted octanol–water partition coefficient (Wildman–Crippen LogP) is 4.33. The predicted molar refractivity (Wildman–Crippen MR) is 86.1 cm³/mol. The lowest BCUT2D eigenvalue weighted by atomic mass is 9.94. The van der Waals surface area contributed by atoms with Gasteiger partial charge >= 0.3 is 0 Å². The Labute approximate surface area is 128 Å². The summed E-state index contributed by atoms with van der Waals surface area (Å²) in [5.41, 5.74) is 2.63. The lowest BCUT2D eigenvalue weighted by molar-refractivity contribution is -0.117. The van der Waals surface area contributed by atoms with E-state index >= 15 is 0 Å². The molecule has 2 nitrogen and oxygen atoms in total. The molecule has 2 heteroatoms. The minimum absolute atomic E-state index is 0.0593. The minimum atomic E-state index is 0.0593. The van der Waals surface area contributed by atoms with Crippen molar-refractivity contribution in [1.82, 2.24) is 0 Å². The first kappa shape index (κ1) is 15.8. The largest absolute Gasteiger partial charge is 0.498 e. The lowest BCUT2D eigenvalue weighted by Crippen LogP contribution is -2.10. The van der Waals surface area contributed by atoms with Crippen molar-refractivity contribution in [2.75, 3.05) is 6.61 Å². The zero-order valence-corrected chi connectivity index (χ0v) is 13.4. The van der Waals surface area contributed by atoms with E-state index in [9.17, 15) is 4.79 Å². The molecule has 0 heterocycles. The van der Waals surface area contributed by atoms with Gasteiger partial charge in [0.25, 0.3) is 0 Å². The molecule has 0 saturated heterocycles. The van der Waals surface area contributed by atoms with E-state index in [2.05, 4.69) is 45.0 Å². The molecule has 0 aromatic heterocycles. The maximum atomic E-state index is 12.1. The van der Waals surface area contributed by atoms with Crippen LogP contribution in [0.3, 0.4) is 0 Å². The van der Waals surface area contributed by atoms with Crippen LogP contribution in [-0.4, -0.2) is 12.4 Å². The molecule has 0 aliphatic heterocycles. The molecule has 0 fully saturated rings. The molecule has 114 valence electrons. The molecule has 1 aliphatic carbocycles. The summed E-state index contributed by atoms with van der Waals surface area (Å²) in [5, 5.41) is 0. The van der Waals surface area contributed by atoms with Gasteiger partial charge in [-0.15, -0.1) is 0 Å². The Balaban J connectivity index is 1.92. The summed E-state index contributed by atoms with van der Waals surface area (Å²) in [6.45, 7) is 7.12. The van der Waals surface area contributed by atoms with Crippen LogP contribution >= 0.6 is 0 Å². The highest BCUT2D eigenvalue weighted by Gasteiger charge is 2.26. The number of carbonyl (C=O) groups excluding carboxylic acids is 1. The quantitative estimate of drug-likeness (QED) is 0.746. The van der Waals surface area contributed by atoms with E-state index in [1.54, 1.807) is 6.08 Å². The van der Waals surface area contributed by atoms with Crippen LogP contribution in [0.5, 0.6) is 0 Å².